The Labute approximate surface area is 156 Å². The number of amides is 1. The second kappa shape index (κ2) is 7.90. The van der Waals surface area contributed by atoms with Crippen LogP contribution in [0.5, 0.6) is 11.5 Å². The first-order chi connectivity index (χ1) is 13.0. The number of ether oxygens (including phenoxy) is 2. The molecule has 0 saturated carbocycles. The Morgan fingerprint density at radius 1 is 1.07 bits per heavy atom. The lowest BCUT2D eigenvalue weighted by Gasteiger charge is -2.24. The highest BCUT2D eigenvalue weighted by atomic mass is 16.5. The summed E-state index contributed by atoms with van der Waals surface area (Å²) < 4.78 is 10.6. The summed E-state index contributed by atoms with van der Waals surface area (Å²) in [6.45, 7) is 0.287. The predicted molar refractivity (Wildman–Crippen MR) is 99.3 cm³/mol. The van der Waals surface area contributed by atoms with Gasteiger partial charge in [0.25, 0.3) is 0 Å². The Hall–Kier alpha value is -3.35. The Bertz CT molecular complexity index is 890. The maximum atomic E-state index is 12.3. The van der Waals surface area contributed by atoms with E-state index >= 15 is 0 Å². The topological polar surface area (TPSA) is 88.4 Å². The maximum absolute atomic E-state index is 12.3. The van der Waals surface area contributed by atoms with Crippen LogP contribution >= 0.6 is 0 Å². The number of carbonyl (C=O) groups excluding carboxylic acids is 1. The van der Waals surface area contributed by atoms with E-state index in [1.165, 1.54) is 17.1 Å². The van der Waals surface area contributed by atoms with Gasteiger partial charge in [-0.05, 0) is 35.9 Å². The molecule has 7 heteroatoms. The molecule has 7 nitrogen and oxygen atoms in total. The molecule has 2 aromatic carbocycles. The number of hydrogen-bond acceptors (Lipinski definition) is 5. The SMILES string of the molecule is COc1ccc(C2=NN(Cc3ccc(C(=O)O)cc3)C(=O)CC2)cc1OC. The summed E-state index contributed by atoms with van der Waals surface area (Å²) >= 11 is 0. The maximum Gasteiger partial charge on any atom is 0.335 e. The molecule has 0 spiro atoms. The molecule has 0 aromatic heterocycles. The fraction of sp³-hybridized carbons (Fsp3) is 0.250. The average molecular weight is 368 g/mol. The van der Waals surface area contributed by atoms with Crippen molar-refractivity contribution in [2.45, 2.75) is 19.4 Å². The van der Waals surface area contributed by atoms with Crippen molar-refractivity contribution < 1.29 is 24.2 Å². The number of methoxy groups -OCH3 is 2. The number of carbonyl (C=O) groups is 2. The van der Waals surface area contributed by atoms with E-state index in [9.17, 15) is 9.59 Å². The van der Waals surface area contributed by atoms with Crippen LogP contribution in [0.3, 0.4) is 0 Å². The van der Waals surface area contributed by atoms with Crippen LogP contribution in [0.2, 0.25) is 0 Å². The number of hydrogen-bond donors (Lipinski definition) is 1. The first kappa shape index (κ1) is 18.4. The summed E-state index contributed by atoms with van der Waals surface area (Å²) in [4.78, 5) is 23.2. The quantitative estimate of drug-likeness (QED) is 0.847. The second-order valence-electron chi connectivity index (χ2n) is 6.07. The molecule has 1 aliphatic heterocycles. The molecular weight excluding hydrogens is 348 g/mol. The zero-order chi connectivity index (χ0) is 19.4. The number of carboxylic acids is 1. The highest BCUT2D eigenvalue weighted by Crippen LogP contribution is 2.29. The molecule has 1 heterocycles. The highest BCUT2D eigenvalue weighted by Gasteiger charge is 2.22. The van der Waals surface area contributed by atoms with E-state index < -0.39 is 5.97 Å². The van der Waals surface area contributed by atoms with E-state index in [0.29, 0.717) is 24.3 Å². The van der Waals surface area contributed by atoms with Gasteiger partial charge in [-0.15, -0.1) is 0 Å². The van der Waals surface area contributed by atoms with Crippen molar-refractivity contribution in [3.63, 3.8) is 0 Å². The van der Waals surface area contributed by atoms with Crippen molar-refractivity contribution >= 4 is 17.6 Å². The Kier molecular flexibility index (Phi) is 5.40. The first-order valence-electron chi connectivity index (χ1n) is 8.44. The van der Waals surface area contributed by atoms with Crippen molar-refractivity contribution in [3.05, 3.63) is 59.2 Å². The molecule has 0 atom stereocenters. The van der Waals surface area contributed by atoms with Crippen molar-refractivity contribution in [3.8, 4) is 11.5 Å². The van der Waals surface area contributed by atoms with Gasteiger partial charge in [0.15, 0.2) is 11.5 Å². The minimum absolute atomic E-state index is 0.0680. The van der Waals surface area contributed by atoms with Crippen LogP contribution in [0.1, 0.15) is 34.3 Å². The third-order valence-corrected chi connectivity index (χ3v) is 4.35. The number of carboxylic acid groups (broad SMARTS) is 1. The molecule has 2 aromatic rings. The lowest BCUT2D eigenvalue weighted by molar-refractivity contribution is -0.132. The monoisotopic (exact) mass is 368 g/mol. The number of hydrazone groups is 1. The van der Waals surface area contributed by atoms with Crippen molar-refractivity contribution in [1.82, 2.24) is 5.01 Å². The molecule has 3 rings (SSSR count). The largest absolute Gasteiger partial charge is 0.493 e. The van der Waals surface area contributed by atoms with Crippen molar-refractivity contribution in [2.75, 3.05) is 14.2 Å². The predicted octanol–water partition coefficient (Wildman–Crippen LogP) is 2.93. The van der Waals surface area contributed by atoms with Crippen LogP contribution in [0.15, 0.2) is 47.6 Å². The van der Waals surface area contributed by atoms with E-state index in [2.05, 4.69) is 5.10 Å². The normalized spacial score (nSPS) is 13.9. The van der Waals surface area contributed by atoms with Crippen LogP contribution in [-0.4, -0.2) is 41.9 Å². The second-order valence-corrected chi connectivity index (χ2v) is 6.07. The van der Waals surface area contributed by atoms with Crippen LogP contribution in [-0.2, 0) is 11.3 Å². The van der Waals surface area contributed by atoms with Gasteiger partial charge in [0.2, 0.25) is 5.91 Å². The summed E-state index contributed by atoms with van der Waals surface area (Å²) in [5.41, 5.74) is 2.67. The summed E-state index contributed by atoms with van der Waals surface area (Å²) in [7, 11) is 3.15. The molecule has 0 aliphatic carbocycles. The molecule has 1 aliphatic rings. The lowest BCUT2D eigenvalue weighted by Crippen LogP contribution is -2.31. The van der Waals surface area contributed by atoms with E-state index in [0.717, 1.165) is 16.8 Å². The van der Waals surface area contributed by atoms with E-state index in [1.807, 2.05) is 18.2 Å². The number of benzene rings is 2. The molecule has 140 valence electrons. The van der Waals surface area contributed by atoms with Gasteiger partial charge in [0.05, 0.1) is 32.0 Å². The van der Waals surface area contributed by atoms with Gasteiger partial charge in [-0.3, -0.25) is 4.79 Å². The number of nitrogens with zero attached hydrogens (tertiary/aromatic N) is 2. The minimum atomic E-state index is -0.982. The van der Waals surface area contributed by atoms with Gasteiger partial charge in [0, 0.05) is 18.4 Å². The van der Waals surface area contributed by atoms with Gasteiger partial charge in [-0.1, -0.05) is 12.1 Å². The fourth-order valence-electron chi connectivity index (χ4n) is 2.87. The van der Waals surface area contributed by atoms with E-state index in [-0.39, 0.29) is 18.0 Å². The standard InChI is InChI=1S/C20H20N2O5/c1-26-17-9-7-15(11-18(17)27-2)16-8-10-19(23)22(21-16)12-13-3-5-14(6-4-13)20(24)25/h3-7,9,11H,8,10,12H2,1-2H3,(H,24,25). The molecule has 27 heavy (non-hydrogen) atoms. The summed E-state index contributed by atoms with van der Waals surface area (Å²) in [6.07, 6.45) is 0.906. The van der Waals surface area contributed by atoms with Gasteiger partial charge in [0.1, 0.15) is 0 Å². The number of rotatable bonds is 6. The van der Waals surface area contributed by atoms with Crippen LogP contribution in [0.4, 0.5) is 0 Å². The molecule has 1 amide bonds. The molecule has 0 radical (unpaired) electrons. The molecule has 0 bridgehead atoms. The molecule has 0 fully saturated rings. The van der Waals surface area contributed by atoms with E-state index in [4.69, 9.17) is 14.6 Å². The first-order valence-corrected chi connectivity index (χ1v) is 8.44. The lowest BCUT2D eigenvalue weighted by atomic mass is 10.0. The van der Waals surface area contributed by atoms with Gasteiger partial charge >= 0.3 is 5.97 Å². The van der Waals surface area contributed by atoms with Crippen LogP contribution in [0.25, 0.3) is 0 Å². The third kappa shape index (κ3) is 4.08. The van der Waals surface area contributed by atoms with Crippen molar-refractivity contribution in [2.24, 2.45) is 5.10 Å². The Morgan fingerprint density at radius 2 is 1.78 bits per heavy atom. The molecule has 0 saturated heterocycles. The third-order valence-electron chi connectivity index (χ3n) is 4.35. The fourth-order valence-corrected chi connectivity index (χ4v) is 2.87. The summed E-state index contributed by atoms with van der Waals surface area (Å²) in [5, 5.41) is 14.9. The average Bonchev–Trinajstić information content (AvgIpc) is 2.69. The summed E-state index contributed by atoms with van der Waals surface area (Å²) in [6, 6.07) is 12.0. The molecule has 1 N–H and O–H groups in total. The highest BCUT2D eigenvalue weighted by molar-refractivity contribution is 6.04. The zero-order valence-electron chi connectivity index (χ0n) is 15.1. The van der Waals surface area contributed by atoms with Gasteiger partial charge in [-0.2, -0.15) is 5.10 Å². The van der Waals surface area contributed by atoms with E-state index in [1.54, 1.807) is 26.4 Å². The zero-order valence-corrected chi connectivity index (χ0v) is 15.1. The Balaban J connectivity index is 1.84. The molecule has 0 unspecified atom stereocenters. The van der Waals surface area contributed by atoms with Crippen LogP contribution in [0, 0.1) is 0 Å². The van der Waals surface area contributed by atoms with Gasteiger partial charge in [-0.25, -0.2) is 9.80 Å². The van der Waals surface area contributed by atoms with Gasteiger partial charge < -0.3 is 14.6 Å². The van der Waals surface area contributed by atoms with Crippen molar-refractivity contribution in [1.29, 1.82) is 0 Å². The van der Waals surface area contributed by atoms with Crippen LogP contribution < -0.4 is 9.47 Å². The Morgan fingerprint density at radius 3 is 2.41 bits per heavy atom. The smallest absolute Gasteiger partial charge is 0.335 e. The molecular formula is C20H20N2O5. The minimum Gasteiger partial charge on any atom is -0.493 e. The summed E-state index contributed by atoms with van der Waals surface area (Å²) in [5.74, 6) is 0.181. The number of aromatic carboxylic acids is 1.